The monoisotopic (exact) mass is 452 g/mol. The maximum absolute atomic E-state index is 12.1. The molecule has 0 fully saturated rings. The number of aromatic hydroxyl groups is 4. The second-order valence-corrected chi connectivity index (χ2v) is 8.53. The number of sulfone groups is 1. The number of rotatable bonds is 4. The largest absolute Gasteiger partial charge is 0.508 e. The van der Waals surface area contributed by atoms with Crippen LogP contribution in [0.5, 0.6) is 34.5 Å². The second-order valence-electron chi connectivity index (χ2n) is 6.58. The van der Waals surface area contributed by atoms with Crippen molar-refractivity contribution >= 4 is 9.84 Å². The minimum atomic E-state index is -3.59. The van der Waals surface area contributed by atoms with E-state index in [1.54, 1.807) is 48.5 Å². The van der Waals surface area contributed by atoms with Crippen LogP contribution in [0.1, 0.15) is 0 Å². The Morgan fingerprint density at radius 2 is 0.688 bits per heavy atom. The molecular weight excluding hydrogens is 432 g/mol. The minimum Gasteiger partial charge on any atom is -0.508 e. The fourth-order valence-corrected chi connectivity index (χ4v) is 3.81. The lowest BCUT2D eigenvalue weighted by molar-refractivity contribution is 0.459. The molecule has 0 heterocycles. The molecule has 0 aromatic heterocycles. The zero-order chi connectivity index (χ0) is 23.1. The van der Waals surface area contributed by atoms with Crippen LogP contribution in [-0.4, -0.2) is 28.8 Å². The van der Waals surface area contributed by atoms with E-state index in [1.807, 2.05) is 0 Å². The molecule has 4 aromatic carbocycles. The van der Waals surface area contributed by atoms with Gasteiger partial charge in [0.25, 0.3) is 0 Å². The third-order valence-corrected chi connectivity index (χ3v) is 5.99. The number of phenols is 4. The normalized spacial score (nSPS) is 10.6. The van der Waals surface area contributed by atoms with Gasteiger partial charge in [0, 0.05) is 0 Å². The van der Waals surface area contributed by atoms with Crippen LogP contribution in [0.3, 0.4) is 0 Å². The fraction of sp³-hybridized carbons (Fsp3) is 0. The van der Waals surface area contributed by atoms with Gasteiger partial charge < -0.3 is 25.2 Å². The molecule has 0 aliphatic heterocycles. The van der Waals surface area contributed by atoms with Crippen LogP contribution in [0.4, 0.5) is 0 Å². The number of hydrogen-bond donors (Lipinski definition) is 4. The third-order valence-electron chi connectivity index (χ3n) is 4.20. The number of phenolic OH excluding ortho intramolecular Hbond substituents is 4. The van der Waals surface area contributed by atoms with Gasteiger partial charge in [-0.3, -0.25) is 0 Å². The van der Waals surface area contributed by atoms with E-state index in [1.165, 1.54) is 48.5 Å². The van der Waals surface area contributed by atoms with E-state index in [-0.39, 0.29) is 32.8 Å². The third kappa shape index (κ3) is 5.93. The molecule has 4 N–H and O–H groups in total. The molecule has 0 saturated heterocycles. The minimum absolute atomic E-state index is 0.00894. The molecule has 7 nitrogen and oxygen atoms in total. The highest BCUT2D eigenvalue weighted by Gasteiger charge is 2.17. The van der Waals surface area contributed by atoms with Crippen molar-refractivity contribution in [1.29, 1.82) is 0 Å². The summed E-state index contributed by atoms with van der Waals surface area (Å²) in [5.74, 6) is 1.70. The Morgan fingerprint density at radius 3 is 0.969 bits per heavy atom. The summed E-state index contributed by atoms with van der Waals surface area (Å²) in [7, 11) is -3.59. The van der Waals surface area contributed by atoms with Gasteiger partial charge in [-0.15, -0.1) is 0 Å². The van der Waals surface area contributed by atoms with Crippen LogP contribution in [0, 0.1) is 0 Å². The number of hydrogen-bond acceptors (Lipinski definition) is 7. The highest BCUT2D eigenvalue weighted by atomic mass is 32.2. The average molecular weight is 452 g/mol. The lowest BCUT2D eigenvalue weighted by atomic mass is 10.3. The standard InChI is InChI=1S/C12H10O4S.C12H10O3/c13-9-1-5-11(6-2-9)17(15,16)12-7-3-10(14)4-8-12;13-9-1-5-11(6-2-9)15-12-7-3-10(14)4-8-12/h1-8,13-14H;1-8,13-14H. The Hall–Kier alpha value is -4.17. The summed E-state index contributed by atoms with van der Waals surface area (Å²) in [6, 6.07) is 23.5. The summed E-state index contributed by atoms with van der Waals surface area (Å²) in [5.41, 5.74) is 0. The molecule has 0 bridgehead atoms. The molecule has 0 atom stereocenters. The van der Waals surface area contributed by atoms with Crippen LogP contribution in [0.2, 0.25) is 0 Å². The maximum atomic E-state index is 12.1. The van der Waals surface area contributed by atoms with Gasteiger partial charge in [0.15, 0.2) is 0 Å². The van der Waals surface area contributed by atoms with Crippen LogP contribution in [-0.2, 0) is 9.84 Å². The van der Waals surface area contributed by atoms with Crippen molar-refractivity contribution in [3.8, 4) is 34.5 Å². The summed E-state index contributed by atoms with van der Waals surface area (Å²) in [4.78, 5) is 0.196. The van der Waals surface area contributed by atoms with Gasteiger partial charge in [0.1, 0.15) is 34.5 Å². The van der Waals surface area contributed by atoms with E-state index in [4.69, 9.17) is 25.2 Å². The summed E-state index contributed by atoms with van der Waals surface area (Å²) in [6.07, 6.45) is 0. The summed E-state index contributed by atoms with van der Waals surface area (Å²) < 4.78 is 29.7. The summed E-state index contributed by atoms with van der Waals surface area (Å²) in [5, 5.41) is 36.3. The van der Waals surface area contributed by atoms with Gasteiger partial charge in [0.05, 0.1) is 9.79 Å². The van der Waals surface area contributed by atoms with Gasteiger partial charge in [-0.1, -0.05) is 0 Å². The first-order valence-corrected chi connectivity index (χ1v) is 10.8. The first-order chi connectivity index (χ1) is 15.2. The van der Waals surface area contributed by atoms with Crippen molar-refractivity contribution in [2.75, 3.05) is 0 Å². The first kappa shape index (κ1) is 22.5. The van der Waals surface area contributed by atoms with E-state index in [9.17, 15) is 8.42 Å². The van der Waals surface area contributed by atoms with Crippen LogP contribution in [0.25, 0.3) is 0 Å². The predicted molar refractivity (Wildman–Crippen MR) is 118 cm³/mol. The van der Waals surface area contributed by atoms with E-state index in [2.05, 4.69) is 0 Å². The Balaban J connectivity index is 0.000000182. The topological polar surface area (TPSA) is 124 Å². The van der Waals surface area contributed by atoms with Crippen molar-refractivity contribution in [3.63, 3.8) is 0 Å². The zero-order valence-corrected chi connectivity index (χ0v) is 17.5. The molecule has 4 rings (SSSR count). The van der Waals surface area contributed by atoms with Crippen molar-refractivity contribution in [1.82, 2.24) is 0 Å². The first-order valence-electron chi connectivity index (χ1n) is 9.33. The molecular formula is C24H20O7S. The summed E-state index contributed by atoms with van der Waals surface area (Å²) >= 11 is 0. The average Bonchev–Trinajstić information content (AvgIpc) is 2.78. The summed E-state index contributed by atoms with van der Waals surface area (Å²) in [6.45, 7) is 0. The van der Waals surface area contributed by atoms with E-state index in [0.717, 1.165) is 0 Å². The number of benzene rings is 4. The van der Waals surface area contributed by atoms with Crippen LogP contribution < -0.4 is 4.74 Å². The molecule has 0 saturated carbocycles. The van der Waals surface area contributed by atoms with Gasteiger partial charge in [-0.25, -0.2) is 8.42 Å². The molecule has 4 aromatic rings. The molecule has 8 heteroatoms. The lowest BCUT2D eigenvalue weighted by Crippen LogP contribution is -2.01. The van der Waals surface area contributed by atoms with E-state index >= 15 is 0 Å². The Morgan fingerprint density at radius 1 is 0.438 bits per heavy atom. The highest BCUT2D eigenvalue weighted by molar-refractivity contribution is 7.91. The van der Waals surface area contributed by atoms with Crippen molar-refractivity contribution in [2.45, 2.75) is 9.79 Å². The fourth-order valence-electron chi connectivity index (χ4n) is 2.55. The Bertz CT molecular complexity index is 1150. The Labute approximate surface area is 185 Å². The highest BCUT2D eigenvalue weighted by Crippen LogP contribution is 2.25. The molecule has 0 aliphatic rings. The van der Waals surface area contributed by atoms with Gasteiger partial charge in [-0.05, 0) is 97.1 Å². The smallest absolute Gasteiger partial charge is 0.206 e. The second kappa shape index (κ2) is 9.76. The van der Waals surface area contributed by atoms with E-state index in [0.29, 0.717) is 11.5 Å². The molecule has 32 heavy (non-hydrogen) atoms. The predicted octanol–water partition coefficient (Wildman–Crippen LogP) is 4.82. The van der Waals surface area contributed by atoms with Gasteiger partial charge >= 0.3 is 0 Å². The molecule has 0 radical (unpaired) electrons. The lowest BCUT2D eigenvalue weighted by Gasteiger charge is -2.05. The van der Waals surface area contributed by atoms with Crippen molar-refractivity contribution in [3.05, 3.63) is 97.1 Å². The van der Waals surface area contributed by atoms with Crippen molar-refractivity contribution in [2.24, 2.45) is 0 Å². The number of ether oxygens (including phenoxy) is 1. The molecule has 0 unspecified atom stereocenters. The van der Waals surface area contributed by atoms with Crippen LogP contribution >= 0.6 is 0 Å². The zero-order valence-electron chi connectivity index (χ0n) is 16.7. The quantitative estimate of drug-likeness (QED) is 0.350. The SMILES string of the molecule is O=S(=O)(c1ccc(O)cc1)c1ccc(O)cc1.Oc1ccc(Oc2ccc(O)cc2)cc1. The van der Waals surface area contributed by atoms with Crippen molar-refractivity contribution < 1.29 is 33.6 Å². The molecule has 0 amide bonds. The van der Waals surface area contributed by atoms with Gasteiger partial charge in [-0.2, -0.15) is 0 Å². The molecule has 164 valence electrons. The molecule has 0 aliphatic carbocycles. The Kier molecular flexibility index (Phi) is 6.87. The maximum Gasteiger partial charge on any atom is 0.206 e. The van der Waals surface area contributed by atoms with E-state index < -0.39 is 9.84 Å². The van der Waals surface area contributed by atoms with Crippen LogP contribution in [0.15, 0.2) is 107 Å². The molecule has 0 spiro atoms. The van der Waals surface area contributed by atoms with Gasteiger partial charge in [0.2, 0.25) is 9.84 Å².